The van der Waals surface area contributed by atoms with Crippen molar-refractivity contribution in [2.45, 2.75) is 20.8 Å². The Hall–Kier alpha value is -3.28. The van der Waals surface area contributed by atoms with Crippen LogP contribution in [0, 0.1) is 6.92 Å². The number of hydrogen-bond donors (Lipinski definition) is 2. The minimum Gasteiger partial charge on any atom is -0.495 e. The van der Waals surface area contributed by atoms with Crippen LogP contribution < -0.4 is 20.3 Å². The number of aryl methyl sites for hydroxylation is 1. The first-order valence-electron chi connectivity index (χ1n) is 9.48. The molecule has 0 unspecified atom stereocenters. The van der Waals surface area contributed by atoms with Crippen molar-refractivity contribution >= 4 is 28.7 Å². The van der Waals surface area contributed by atoms with Crippen LogP contribution in [0.3, 0.4) is 0 Å². The van der Waals surface area contributed by atoms with Gasteiger partial charge in [0.05, 0.1) is 12.8 Å². The second-order valence-electron chi connectivity index (χ2n) is 6.46. The molecular formula is C22H27N5O. The fourth-order valence-electron chi connectivity index (χ4n) is 3.04. The molecule has 0 amide bonds. The van der Waals surface area contributed by atoms with Crippen molar-refractivity contribution in [1.29, 1.82) is 0 Å². The highest BCUT2D eigenvalue weighted by atomic mass is 16.5. The Morgan fingerprint density at radius 1 is 0.893 bits per heavy atom. The summed E-state index contributed by atoms with van der Waals surface area (Å²) in [4.78, 5) is 11.0. The predicted octanol–water partition coefficient (Wildman–Crippen LogP) is 5.13. The summed E-state index contributed by atoms with van der Waals surface area (Å²) in [5.74, 6) is 2.19. The molecule has 1 heterocycles. The van der Waals surface area contributed by atoms with Crippen LogP contribution in [0.4, 0.5) is 28.7 Å². The molecule has 28 heavy (non-hydrogen) atoms. The summed E-state index contributed by atoms with van der Waals surface area (Å²) in [5.41, 5.74) is 4.21. The fourth-order valence-corrected chi connectivity index (χ4v) is 3.04. The summed E-state index contributed by atoms with van der Waals surface area (Å²) < 4.78 is 5.42. The van der Waals surface area contributed by atoms with E-state index in [9.17, 15) is 0 Å². The lowest BCUT2D eigenvalue weighted by atomic mass is 10.2. The van der Waals surface area contributed by atoms with E-state index >= 15 is 0 Å². The summed E-state index contributed by atoms with van der Waals surface area (Å²) in [6.45, 7) is 8.35. The molecule has 2 N–H and O–H groups in total. The van der Waals surface area contributed by atoms with E-state index in [1.807, 2.05) is 31.2 Å². The zero-order valence-corrected chi connectivity index (χ0v) is 16.9. The maximum Gasteiger partial charge on any atom is 0.142 e. The summed E-state index contributed by atoms with van der Waals surface area (Å²) in [6.07, 6.45) is 1.54. The van der Waals surface area contributed by atoms with Gasteiger partial charge in [0.25, 0.3) is 0 Å². The van der Waals surface area contributed by atoms with E-state index in [0.717, 1.165) is 41.6 Å². The number of nitrogens with one attached hydrogen (secondary N) is 2. The first-order valence-corrected chi connectivity index (χ1v) is 9.48. The lowest BCUT2D eigenvalue weighted by Crippen LogP contribution is -2.21. The van der Waals surface area contributed by atoms with Crippen LogP contribution in [0.25, 0.3) is 0 Å². The molecule has 0 aliphatic carbocycles. The summed E-state index contributed by atoms with van der Waals surface area (Å²) >= 11 is 0. The molecule has 0 saturated carbocycles. The maximum atomic E-state index is 5.42. The molecule has 1 aromatic heterocycles. The lowest BCUT2D eigenvalue weighted by molar-refractivity contribution is 0.416. The minimum atomic E-state index is 0.696. The van der Waals surface area contributed by atoms with Crippen molar-refractivity contribution in [1.82, 2.24) is 9.97 Å². The van der Waals surface area contributed by atoms with E-state index in [-0.39, 0.29) is 0 Å². The van der Waals surface area contributed by atoms with Gasteiger partial charge in [0.15, 0.2) is 0 Å². The topological polar surface area (TPSA) is 62.3 Å². The SMILES string of the molecule is CCN(CC)c1ccc(Nc2cc(Nc3cc(C)ccc3OC)ncn2)cc1. The number of nitrogens with zero attached hydrogens (tertiary/aromatic N) is 3. The van der Waals surface area contributed by atoms with Crippen LogP contribution in [0.15, 0.2) is 54.9 Å². The summed E-state index contributed by atoms with van der Waals surface area (Å²) in [7, 11) is 1.66. The first-order chi connectivity index (χ1) is 13.6. The molecule has 146 valence electrons. The van der Waals surface area contributed by atoms with Gasteiger partial charge in [0.1, 0.15) is 23.7 Å². The van der Waals surface area contributed by atoms with E-state index in [1.165, 1.54) is 12.0 Å². The van der Waals surface area contributed by atoms with Gasteiger partial charge in [0, 0.05) is 30.5 Å². The third-order valence-corrected chi connectivity index (χ3v) is 4.55. The predicted molar refractivity (Wildman–Crippen MR) is 116 cm³/mol. The molecule has 6 heteroatoms. The second-order valence-corrected chi connectivity index (χ2v) is 6.46. The molecule has 0 fully saturated rings. The van der Waals surface area contributed by atoms with Crippen molar-refractivity contribution in [3.63, 3.8) is 0 Å². The molecule has 0 spiro atoms. The van der Waals surface area contributed by atoms with Crippen LogP contribution in [0.1, 0.15) is 19.4 Å². The average Bonchev–Trinajstić information content (AvgIpc) is 2.71. The number of methoxy groups -OCH3 is 1. The smallest absolute Gasteiger partial charge is 0.142 e. The van der Waals surface area contributed by atoms with Crippen molar-refractivity contribution in [2.75, 3.05) is 35.7 Å². The number of aromatic nitrogens is 2. The molecule has 0 saturated heterocycles. The molecule has 2 aromatic carbocycles. The summed E-state index contributed by atoms with van der Waals surface area (Å²) in [5, 5.41) is 6.64. The Morgan fingerprint density at radius 2 is 1.57 bits per heavy atom. The number of ether oxygens (including phenoxy) is 1. The van der Waals surface area contributed by atoms with Crippen LogP contribution in [-0.4, -0.2) is 30.2 Å². The van der Waals surface area contributed by atoms with E-state index < -0.39 is 0 Å². The zero-order valence-electron chi connectivity index (χ0n) is 16.9. The van der Waals surface area contributed by atoms with E-state index in [4.69, 9.17) is 4.74 Å². The molecule has 0 aliphatic heterocycles. The second kappa shape index (κ2) is 9.08. The van der Waals surface area contributed by atoms with Crippen LogP contribution >= 0.6 is 0 Å². The highest BCUT2D eigenvalue weighted by Gasteiger charge is 2.06. The van der Waals surface area contributed by atoms with Crippen LogP contribution in [-0.2, 0) is 0 Å². The van der Waals surface area contributed by atoms with Crippen molar-refractivity contribution in [3.8, 4) is 5.75 Å². The highest BCUT2D eigenvalue weighted by Crippen LogP contribution is 2.28. The van der Waals surface area contributed by atoms with Gasteiger partial charge in [-0.3, -0.25) is 0 Å². The minimum absolute atomic E-state index is 0.696. The average molecular weight is 377 g/mol. The zero-order chi connectivity index (χ0) is 19.9. The third kappa shape index (κ3) is 4.71. The Balaban J connectivity index is 1.74. The Labute approximate surface area is 166 Å². The molecule has 3 rings (SSSR count). The highest BCUT2D eigenvalue weighted by molar-refractivity contribution is 5.68. The molecular weight excluding hydrogens is 350 g/mol. The van der Waals surface area contributed by atoms with Crippen molar-refractivity contribution < 1.29 is 4.74 Å². The standard InChI is InChI=1S/C22H27N5O/c1-5-27(6-2)18-10-8-17(9-11-18)25-21-14-22(24-15-23-21)26-19-13-16(3)7-12-20(19)28-4/h7-15H,5-6H2,1-4H3,(H2,23,24,25,26). The van der Waals surface area contributed by atoms with E-state index in [0.29, 0.717) is 5.82 Å². The third-order valence-electron chi connectivity index (χ3n) is 4.55. The molecule has 0 radical (unpaired) electrons. The van der Waals surface area contributed by atoms with Gasteiger partial charge in [0.2, 0.25) is 0 Å². The largest absolute Gasteiger partial charge is 0.495 e. The monoisotopic (exact) mass is 377 g/mol. The molecule has 6 nitrogen and oxygen atoms in total. The maximum absolute atomic E-state index is 5.42. The molecule has 0 aliphatic rings. The first kappa shape index (κ1) is 19.5. The van der Waals surface area contributed by atoms with E-state index in [1.54, 1.807) is 7.11 Å². The van der Waals surface area contributed by atoms with Gasteiger partial charge in [-0.2, -0.15) is 0 Å². The Morgan fingerprint density at radius 3 is 2.21 bits per heavy atom. The number of benzene rings is 2. The lowest BCUT2D eigenvalue weighted by Gasteiger charge is -2.21. The quantitative estimate of drug-likeness (QED) is 0.568. The van der Waals surface area contributed by atoms with Gasteiger partial charge >= 0.3 is 0 Å². The van der Waals surface area contributed by atoms with Crippen molar-refractivity contribution in [2.24, 2.45) is 0 Å². The van der Waals surface area contributed by atoms with Crippen molar-refractivity contribution in [3.05, 3.63) is 60.4 Å². The summed E-state index contributed by atoms with van der Waals surface area (Å²) in [6, 6.07) is 16.2. The molecule has 3 aromatic rings. The fraction of sp³-hybridized carbons (Fsp3) is 0.273. The number of rotatable bonds is 8. The van der Waals surface area contributed by atoms with Gasteiger partial charge < -0.3 is 20.3 Å². The molecule has 0 atom stereocenters. The normalized spacial score (nSPS) is 10.4. The van der Waals surface area contributed by atoms with Gasteiger partial charge in [-0.1, -0.05) is 6.07 Å². The van der Waals surface area contributed by atoms with E-state index in [2.05, 4.69) is 63.6 Å². The van der Waals surface area contributed by atoms with Gasteiger partial charge in [-0.15, -0.1) is 0 Å². The van der Waals surface area contributed by atoms with Gasteiger partial charge in [-0.25, -0.2) is 9.97 Å². The Bertz CT molecular complexity index is 907. The number of hydrogen-bond acceptors (Lipinski definition) is 6. The van der Waals surface area contributed by atoms with Gasteiger partial charge in [-0.05, 0) is 62.7 Å². The van der Waals surface area contributed by atoms with Crippen LogP contribution in [0.2, 0.25) is 0 Å². The number of anilines is 5. The molecule has 0 bridgehead atoms. The Kier molecular flexibility index (Phi) is 6.32. The van der Waals surface area contributed by atoms with Crippen LogP contribution in [0.5, 0.6) is 5.75 Å².